The van der Waals surface area contributed by atoms with Gasteiger partial charge >= 0.3 is 0 Å². The van der Waals surface area contributed by atoms with Gasteiger partial charge in [-0.05, 0) is 41.3 Å². The molecule has 1 heterocycles. The van der Waals surface area contributed by atoms with Crippen LogP contribution in [0.1, 0.15) is 15.9 Å². The van der Waals surface area contributed by atoms with Gasteiger partial charge in [-0.3, -0.25) is 19.6 Å². The minimum atomic E-state index is -3.81. The SMILES string of the molecule is O=C(NN=Cc1ccc([N+](=O)[O-])cc1)c1ccccc1NS(=O)(=O)c1cccs1. The predicted molar refractivity (Wildman–Crippen MR) is 110 cm³/mol. The van der Waals surface area contributed by atoms with Crippen molar-refractivity contribution < 1.29 is 18.1 Å². The Morgan fingerprint density at radius 1 is 1.07 bits per heavy atom. The number of nitro groups is 1. The third kappa shape index (κ3) is 5.03. The van der Waals surface area contributed by atoms with Crippen molar-refractivity contribution in [2.24, 2.45) is 5.10 Å². The van der Waals surface area contributed by atoms with E-state index in [0.29, 0.717) is 5.56 Å². The summed E-state index contributed by atoms with van der Waals surface area (Å²) in [6.07, 6.45) is 1.32. The average Bonchev–Trinajstić information content (AvgIpc) is 3.24. The first kappa shape index (κ1) is 20.2. The van der Waals surface area contributed by atoms with E-state index in [2.05, 4.69) is 15.2 Å². The van der Waals surface area contributed by atoms with Gasteiger partial charge in [-0.25, -0.2) is 13.8 Å². The number of amides is 1. The molecule has 1 aromatic heterocycles. The molecule has 1 amide bonds. The molecule has 29 heavy (non-hydrogen) atoms. The highest BCUT2D eigenvalue weighted by atomic mass is 32.2. The highest BCUT2D eigenvalue weighted by Gasteiger charge is 2.19. The number of hydrazone groups is 1. The van der Waals surface area contributed by atoms with Crippen LogP contribution in [0.25, 0.3) is 0 Å². The topological polar surface area (TPSA) is 131 Å². The van der Waals surface area contributed by atoms with Crippen LogP contribution in [0.3, 0.4) is 0 Å². The molecule has 0 fully saturated rings. The summed E-state index contributed by atoms with van der Waals surface area (Å²) in [7, 11) is -3.81. The maximum Gasteiger partial charge on any atom is 0.273 e. The lowest BCUT2D eigenvalue weighted by Crippen LogP contribution is -2.21. The zero-order valence-corrected chi connectivity index (χ0v) is 16.3. The van der Waals surface area contributed by atoms with Crippen molar-refractivity contribution in [3.63, 3.8) is 0 Å². The van der Waals surface area contributed by atoms with E-state index in [-0.39, 0.29) is 21.1 Å². The number of anilines is 1. The number of hydrogen-bond acceptors (Lipinski definition) is 7. The summed E-state index contributed by atoms with van der Waals surface area (Å²) in [6.45, 7) is 0. The molecule has 0 bridgehead atoms. The molecule has 3 rings (SSSR count). The van der Waals surface area contributed by atoms with Gasteiger partial charge < -0.3 is 0 Å². The molecule has 148 valence electrons. The molecule has 0 spiro atoms. The van der Waals surface area contributed by atoms with E-state index >= 15 is 0 Å². The number of sulfonamides is 1. The summed E-state index contributed by atoms with van der Waals surface area (Å²) in [6, 6.07) is 14.8. The minimum Gasteiger partial charge on any atom is -0.278 e. The standard InChI is InChI=1S/C18H14N4O5S2/c23-18(20-19-12-13-7-9-14(10-8-13)22(24)25)15-4-1-2-5-16(15)21-29(26,27)17-6-3-11-28-17/h1-12,21H,(H,20,23). The summed E-state index contributed by atoms with van der Waals surface area (Å²) in [5.74, 6) is -0.618. The number of nitrogens with zero attached hydrogens (tertiary/aromatic N) is 2. The van der Waals surface area contributed by atoms with Gasteiger partial charge in [0.05, 0.1) is 22.4 Å². The van der Waals surface area contributed by atoms with Crippen LogP contribution < -0.4 is 10.1 Å². The fourth-order valence-electron chi connectivity index (χ4n) is 2.29. The molecule has 0 aliphatic rings. The summed E-state index contributed by atoms with van der Waals surface area (Å²) >= 11 is 1.06. The molecule has 0 unspecified atom stereocenters. The molecule has 3 aromatic rings. The van der Waals surface area contributed by atoms with Crippen LogP contribution in [0.5, 0.6) is 0 Å². The summed E-state index contributed by atoms with van der Waals surface area (Å²) in [5.41, 5.74) is 3.00. The Balaban J connectivity index is 1.72. The van der Waals surface area contributed by atoms with Gasteiger partial charge in [0.2, 0.25) is 0 Å². The van der Waals surface area contributed by atoms with Gasteiger partial charge in [-0.15, -0.1) is 11.3 Å². The molecule has 9 nitrogen and oxygen atoms in total. The number of rotatable bonds is 7. The molecule has 0 saturated heterocycles. The molecule has 0 aliphatic carbocycles. The van der Waals surface area contributed by atoms with Crippen LogP contribution in [-0.4, -0.2) is 25.5 Å². The van der Waals surface area contributed by atoms with Gasteiger partial charge in [0.1, 0.15) is 4.21 Å². The van der Waals surface area contributed by atoms with Gasteiger partial charge in [-0.1, -0.05) is 18.2 Å². The number of nitrogens with one attached hydrogen (secondary N) is 2. The van der Waals surface area contributed by atoms with Gasteiger partial charge in [0.25, 0.3) is 21.6 Å². The van der Waals surface area contributed by atoms with E-state index in [9.17, 15) is 23.3 Å². The molecule has 2 aromatic carbocycles. The number of benzene rings is 2. The van der Waals surface area contributed by atoms with Gasteiger partial charge in [-0.2, -0.15) is 5.10 Å². The van der Waals surface area contributed by atoms with Crippen LogP contribution in [0.2, 0.25) is 0 Å². The van der Waals surface area contributed by atoms with Crippen LogP contribution >= 0.6 is 11.3 Å². The highest BCUT2D eigenvalue weighted by molar-refractivity contribution is 7.94. The fourth-order valence-corrected chi connectivity index (χ4v) is 4.36. The Morgan fingerprint density at radius 3 is 2.45 bits per heavy atom. The third-order valence-electron chi connectivity index (χ3n) is 3.66. The second-order valence-corrected chi connectivity index (χ2v) is 8.49. The average molecular weight is 430 g/mol. The van der Waals surface area contributed by atoms with Gasteiger partial charge in [0, 0.05) is 12.1 Å². The van der Waals surface area contributed by atoms with Crippen molar-refractivity contribution in [1.82, 2.24) is 5.43 Å². The molecular weight excluding hydrogens is 416 g/mol. The zero-order chi connectivity index (χ0) is 20.9. The van der Waals surface area contributed by atoms with Crippen LogP contribution in [-0.2, 0) is 10.0 Å². The van der Waals surface area contributed by atoms with Crippen molar-refractivity contribution in [3.05, 3.63) is 87.3 Å². The molecule has 0 radical (unpaired) electrons. The maximum absolute atomic E-state index is 12.4. The summed E-state index contributed by atoms with van der Waals surface area (Å²) in [5, 5.41) is 16.1. The van der Waals surface area contributed by atoms with Crippen LogP contribution in [0.15, 0.2) is 75.4 Å². The zero-order valence-electron chi connectivity index (χ0n) is 14.7. The molecule has 0 aliphatic heterocycles. The number of carbonyl (C=O) groups is 1. The number of para-hydroxylation sites is 1. The van der Waals surface area contributed by atoms with Crippen molar-refractivity contribution in [3.8, 4) is 0 Å². The minimum absolute atomic E-state index is 0.0573. The van der Waals surface area contributed by atoms with Crippen molar-refractivity contribution in [2.45, 2.75) is 4.21 Å². The van der Waals surface area contributed by atoms with E-state index in [1.807, 2.05) is 0 Å². The maximum atomic E-state index is 12.4. The molecule has 11 heteroatoms. The van der Waals surface area contributed by atoms with E-state index in [4.69, 9.17) is 0 Å². The Kier molecular flexibility index (Phi) is 6.00. The van der Waals surface area contributed by atoms with E-state index in [1.165, 1.54) is 48.7 Å². The van der Waals surface area contributed by atoms with E-state index in [1.54, 1.807) is 23.6 Å². The smallest absolute Gasteiger partial charge is 0.273 e. The van der Waals surface area contributed by atoms with E-state index in [0.717, 1.165) is 11.3 Å². The second kappa shape index (κ2) is 8.63. The van der Waals surface area contributed by atoms with Crippen LogP contribution in [0, 0.1) is 10.1 Å². The lowest BCUT2D eigenvalue weighted by molar-refractivity contribution is -0.384. The van der Waals surface area contributed by atoms with Crippen LogP contribution in [0.4, 0.5) is 11.4 Å². The summed E-state index contributed by atoms with van der Waals surface area (Å²) < 4.78 is 27.3. The fraction of sp³-hybridized carbons (Fsp3) is 0. The molecular formula is C18H14N4O5S2. The first-order valence-corrected chi connectivity index (χ1v) is 10.5. The number of nitro benzene ring substituents is 1. The Labute approximate surface area is 169 Å². The van der Waals surface area contributed by atoms with Crippen molar-refractivity contribution in [1.29, 1.82) is 0 Å². The lowest BCUT2D eigenvalue weighted by Gasteiger charge is -2.10. The molecule has 0 saturated carbocycles. The first-order valence-electron chi connectivity index (χ1n) is 8.10. The Hall–Kier alpha value is -3.57. The monoisotopic (exact) mass is 430 g/mol. The van der Waals surface area contributed by atoms with Gasteiger partial charge in [0.15, 0.2) is 0 Å². The third-order valence-corrected chi connectivity index (χ3v) is 6.42. The Bertz CT molecular complexity index is 1160. The normalized spacial score (nSPS) is 11.3. The second-order valence-electron chi connectivity index (χ2n) is 5.63. The van der Waals surface area contributed by atoms with Crippen molar-refractivity contribution in [2.75, 3.05) is 4.72 Å². The van der Waals surface area contributed by atoms with Crippen molar-refractivity contribution >= 4 is 44.9 Å². The number of thiophene rings is 1. The predicted octanol–water partition coefficient (Wildman–Crippen LogP) is 3.22. The highest BCUT2D eigenvalue weighted by Crippen LogP contribution is 2.22. The Morgan fingerprint density at radius 2 is 1.79 bits per heavy atom. The quantitative estimate of drug-likeness (QED) is 0.338. The number of hydrogen-bond donors (Lipinski definition) is 2. The van der Waals surface area contributed by atoms with E-state index < -0.39 is 20.9 Å². The summed E-state index contributed by atoms with van der Waals surface area (Å²) in [4.78, 5) is 22.6. The number of non-ortho nitro benzene ring substituents is 1. The molecule has 0 atom stereocenters. The number of carbonyl (C=O) groups excluding carboxylic acids is 1. The lowest BCUT2D eigenvalue weighted by atomic mass is 10.2. The largest absolute Gasteiger partial charge is 0.278 e. The first-order chi connectivity index (χ1) is 13.9. The molecule has 2 N–H and O–H groups in total.